The number of nitrogens with zero attached hydrogens (tertiary/aromatic N) is 4. The summed E-state index contributed by atoms with van der Waals surface area (Å²) in [6, 6.07) is 4.66. The van der Waals surface area contributed by atoms with Crippen molar-refractivity contribution in [3.05, 3.63) is 34.9 Å². The summed E-state index contributed by atoms with van der Waals surface area (Å²) >= 11 is 0. The maximum absolute atomic E-state index is 12.4. The highest BCUT2D eigenvalue weighted by Gasteiger charge is 2.23. The van der Waals surface area contributed by atoms with E-state index in [0.717, 1.165) is 10.9 Å². The van der Waals surface area contributed by atoms with E-state index in [1.54, 1.807) is 38.2 Å². The zero-order valence-electron chi connectivity index (χ0n) is 13.3. The first kappa shape index (κ1) is 17.2. The van der Waals surface area contributed by atoms with E-state index in [9.17, 15) is 18.0 Å². The van der Waals surface area contributed by atoms with Crippen molar-refractivity contribution in [1.29, 1.82) is 0 Å². The molecular weight excluding hydrogens is 320 g/mol. The van der Waals surface area contributed by atoms with E-state index in [1.165, 1.54) is 9.30 Å². The van der Waals surface area contributed by atoms with Crippen LogP contribution in [0.25, 0.3) is 5.65 Å². The zero-order valence-corrected chi connectivity index (χ0v) is 14.2. The lowest BCUT2D eigenvalue weighted by atomic mass is 10.3. The van der Waals surface area contributed by atoms with Gasteiger partial charge in [-0.15, -0.1) is 5.10 Å². The lowest BCUT2D eigenvalue weighted by Crippen LogP contribution is -2.44. The Kier molecular flexibility index (Phi) is 4.88. The minimum absolute atomic E-state index is 0.118. The fraction of sp³-hybridized carbons (Fsp3) is 0.500. The molecule has 126 valence electrons. The number of amides is 1. The second-order valence-corrected chi connectivity index (χ2v) is 7.68. The Morgan fingerprint density at radius 2 is 2.09 bits per heavy atom. The van der Waals surface area contributed by atoms with Crippen LogP contribution >= 0.6 is 0 Å². The SMILES string of the molecule is CCN(C(=O)Cn1nc2ccccn2c1=O)C(C)CS(C)(=O)=O. The Balaban J connectivity index is 2.21. The molecule has 0 aliphatic carbocycles. The number of hydrogen-bond donors (Lipinski definition) is 0. The van der Waals surface area contributed by atoms with Gasteiger partial charge in [-0.2, -0.15) is 0 Å². The van der Waals surface area contributed by atoms with Gasteiger partial charge in [0.15, 0.2) is 5.65 Å². The summed E-state index contributed by atoms with van der Waals surface area (Å²) < 4.78 is 25.3. The third-order valence-electron chi connectivity index (χ3n) is 3.51. The van der Waals surface area contributed by atoms with Crippen LogP contribution in [-0.2, 0) is 21.2 Å². The minimum Gasteiger partial charge on any atom is -0.338 e. The predicted octanol–water partition coefficient (Wildman–Crippen LogP) is -0.222. The molecule has 0 spiro atoms. The number of rotatable bonds is 6. The van der Waals surface area contributed by atoms with Gasteiger partial charge >= 0.3 is 5.69 Å². The molecule has 1 atom stereocenters. The summed E-state index contributed by atoms with van der Waals surface area (Å²) in [7, 11) is -3.20. The molecular formula is C14H20N4O4S. The van der Waals surface area contributed by atoms with Crippen LogP contribution in [0.3, 0.4) is 0 Å². The largest absolute Gasteiger partial charge is 0.350 e. The van der Waals surface area contributed by atoms with Gasteiger partial charge in [-0.05, 0) is 26.0 Å². The Bertz CT molecular complexity index is 868. The summed E-state index contributed by atoms with van der Waals surface area (Å²) in [6.07, 6.45) is 2.71. The van der Waals surface area contributed by atoms with E-state index in [0.29, 0.717) is 12.2 Å². The van der Waals surface area contributed by atoms with Crippen molar-refractivity contribution in [3.63, 3.8) is 0 Å². The third kappa shape index (κ3) is 3.98. The minimum atomic E-state index is -3.20. The van der Waals surface area contributed by atoms with Gasteiger partial charge in [0.2, 0.25) is 5.91 Å². The maximum Gasteiger partial charge on any atom is 0.350 e. The van der Waals surface area contributed by atoms with Crippen LogP contribution in [0.15, 0.2) is 29.2 Å². The van der Waals surface area contributed by atoms with Crippen molar-refractivity contribution in [1.82, 2.24) is 19.1 Å². The first-order valence-corrected chi connectivity index (χ1v) is 9.30. The number of carbonyl (C=O) groups is 1. The molecule has 0 N–H and O–H groups in total. The van der Waals surface area contributed by atoms with E-state index in [2.05, 4.69) is 5.10 Å². The van der Waals surface area contributed by atoms with Gasteiger partial charge in [-0.3, -0.25) is 9.20 Å². The van der Waals surface area contributed by atoms with Gasteiger partial charge in [-0.1, -0.05) is 6.07 Å². The number of fused-ring (bicyclic) bond motifs is 1. The zero-order chi connectivity index (χ0) is 17.2. The van der Waals surface area contributed by atoms with Gasteiger partial charge < -0.3 is 4.90 Å². The molecule has 0 aromatic carbocycles. The van der Waals surface area contributed by atoms with Crippen molar-refractivity contribution in [2.45, 2.75) is 26.4 Å². The van der Waals surface area contributed by atoms with Gasteiger partial charge in [0.25, 0.3) is 0 Å². The number of likely N-dealkylation sites (N-methyl/N-ethyl adjacent to an activating group) is 1. The van der Waals surface area contributed by atoms with Crippen LogP contribution in [0.2, 0.25) is 0 Å². The molecule has 9 heteroatoms. The summed E-state index contributed by atoms with van der Waals surface area (Å²) in [5, 5.41) is 4.10. The fourth-order valence-electron chi connectivity index (χ4n) is 2.55. The topological polar surface area (TPSA) is 93.8 Å². The molecule has 0 aliphatic heterocycles. The van der Waals surface area contributed by atoms with Crippen molar-refractivity contribution in [2.24, 2.45) is 0 Å². The van der Waals surface area contributed by atoms with E-state index < -0.39 is 21.6 Å². The van der Waals surface area contributed by atoms with Crippen LogP contribution in [0.1, 0.15) is 13.8 Å². The molecule has 0 radical (unpaired) electrons. The van der Waals surface area contributed by atoms with Crippen molar-refractivity contribution < 1.29 is 13.2 Å². The lowest BCUT2D eigenvalue weighted by Gasteiger charge is -2.27. The molecule has 2 aromatic rings. The first-order valence-electron chi connectivity index (χ1n) is 7.24. The Morgan fingerprint density at radius 1 is 1.39 bits per heavy atom. The molecule has 0 saturated carbocycles. The summed E-state index contributed by atoms with van der Waals surface area (Å²) in [6.45, 7) is 3.58. The van der Waals surface area contributed by atoms with E-state index >= 15 is 0 Å². The average molecular weight is 340 g/mol. The second-order valence-electron chi connectivity index (χ2n) is 5.49. The molecule has 0 bridgehead atoms. The quantitative estimate of drug-likeness (QED) is 0.724. The number of carbonyl (C=O) groups excluding carboxylic acids is 1. The van der Waals surface area contributed by atoms with Crippen molar-refractivity contribution in [3.8, 4) is 0 Å². The molecule has 1 amide bonds. The smallest absolute Gasteiger partial charge is 0.338 e. The Morgan fingerprint density at radius 3 is 2.65 bits per heavy atom. The Hall–Kier alpha value is -2.16. The highest BCUT2D eigenvalue weighted by atomic mass is 32.2. The van der Waals surface area contributed by atoms with Crippen LogP contribution < -0.4 is 5.69 Å². The van der Waals surface area contributed by atoms with Crippen molar-refractivity contribution in [2.75, 3.05) is 18.6 Å². The van der Waals surface area contributed by atoms with Crippen molar-refractivity contribution >= 4 is 21.4 Å². The third-order valence-corrected chi connectivity index (χ3v) is 4.60. The maximum atomic E-state index is 12.4. The number of hydrogen-bond acceptors (Lipinski definition) is 5. The summed E-state index contributed by atoms with van der Waals surface area (Å²) in [4.78, 5) is 26.0. The normalized spacial score (nSPS) is 13.2. The van der Waals surface area contributed by atoms with Gasteiger partial charge in [-0.25, -0.2) is 17.9 Å². The number of pyridine rings is 1. The molecule has 0 saturated heterocycles. The Labute approximate surface area is 134 Å². The second kappa shape index (κ2) is 6.53. The van der Waals surface area contributed by atoms with Crippen LogP contribution in [-0.4, -0.2) is 58.0 Å². The van der Waals surface area contributed by atoms with E-state index in [4.69, 9.17) is 0 Å². The molecule has 23 heavy (non-hydrogen) atoms. The molecule has 0 fully saturated rings. The van der Waals surface area contributed by atoms with Gasteiger partial charge in [0.1, 0.15) is 16.4 Å². The number of aromatic nitrogens is 3. The molecule has 2 heterocycles. The number of sulfone groups is 1. The summed E-state index contributed by atoms with van der Waals surface area (Å²) in [5.74, 6) is -0.457. The molecule has 1 unspecified atom stereocenters. The van der Waals surface area contributed by atoms with Gasteiger partial charge in [0, 0.05) is 25.0 Å². The summed E-state index contributed by atoms with van der Waals surface area (Å²) in [5.41, 5.74) is 0.0540. The fourth-order valence-corrected chi connectivity index (χ4v) is 3.61. The van der Waals surface area contributed by atoms with Crippen LogP contribution in [0, 0.1) is 0 Å². The van der Waals surface area contributed by atoms with Gasteiger partial charge in [0.05, 0.1) is 5.75 Å². The lowest BCUT2D eigenvalue weighted by molar-refractivity contribution is -0.133. The van der Waals surface area contributed by atoms with E-state index in [1.807, 2.05) is 0 Å². The monoisotopic (exact) mass is 340 g/mol. The highest BCUT2D eigenvalue weighted by molar-refractivity contribution is 7.90. The first-order chi connectivity index (χ1) is 10.7. The van der Waals surface area contributed by atoms with Crippen LogP contribution in [0.4, 0.5) is 0 Å². The standard InChI is InChI=1S/C14H20N4O4S/c1-4-16(11(2)10-23(3,21)22)13(19)9-18-14(20)17-8-6-5-7-12(17)15-18/h5-8,11H,4,9-10H2,1-3H3. The van der Waals surface area contributed by atoms with Crippen LogP contribution in [0.5, 0.6) is 0 Å². The predicted molar refractivity (Wildman–Crippen MR) is 86.0 cm³/mol. The van der Waals surface area contributed by atoms with E-state index in [-0.39, 0.29) is 18.2 Å². The average Bonchev–Trinajstić information content (AvgIpc) is 2.75. The molecule has 2 rings (SSSR count). The molecule has 8 nitrogen and oxygen atoms in total. The molecule has 2 aromatic heterocycles. The highest BCUT2D eigenvalue weighted by Crippen LogP contribution is 2.04. The molecule has 0 aliphatic rings.